The van der Waals surface area contributed by atoms with Crippen molar-refractivity contribution in [3.8, 4) is 11.5 Å². The van der Waals surface area contributed by atoms with Crippen LogP contribution >= 0.6 is 0 Å². The van der Waals surface area contributed by atoms with E-state index in [-0.39, 0.29) is 24.5 Å². The second-order valence-electron chi connectivity index (χ2n) is 6.61. The maximum atomic E-state index is 12.9. The van der Waals surface area contributed by atoms with Gasteiger partial charge in [-0.2, -0.15) is 0 Å². The lowest BCUT2D eigenvalue weighted by atomic mass is 9.88. The summed E-state index contributed by atoms with van der Waals surface area (Å²) < 4.78 is 16.4. The van der Waals surface area contributed by atoms with E-state index in [0.717, 1.165) is 49.4 Å². The minimum atomic E-state index is -0.205. The molecule has 0 aromatic heterocycles. The van der Waals surface area contributed by atoms with E-state index in [2.05, 4.69) is 17.9 Å². The number of allylic oxidation sites excluding steroid dienone is 1. The molecule has 0 saturated heterocycles. The number of carbonyl (C=O) groups excluding carboxylic acids is 1. The van der Waals surface area contributed by atoms with Crippen molar-refractivity contribution >= 4 is 5.78 Å². The molecule has 0 unspecified atom stereocenters. The van der Waals surface area contributed by atoms with Crippen LogP contribution in [-0.4, -0.2) is 43.7 Å². The van der Waals surface area contributed by atoms with Crippen LogP contribution < -0.4 is 9.47 Å². The first-order valence-corrected chi connectivity index (χ1v) is 8.69. The van der Waals surface area contributed by atoms with Crippen molar-refractivity contribution in [2.24, 2.45) is 0 Å². The van der Waals surface area contributed by atoms with Gasteiger partial charge >= 0.3 is 0 Å². The molecule has 5 heteroatoms. The van der Waals surface area contributed by atoms with Crippen LogP contribution in [0, 0.1) is 0 Å². The lowest BCUT2D eigenvalue weighted by Crippen LogP contribution is -2.38. The zero-order chi connectivity index (χ0) is 16.7. The molecule has 2 atom stereocenters. The number of rotatable bonds is 4. The van der Waals surface area contributed by atoms with E-state index in [1.54, 1.807) is 7.11 Å². The largest absolute Gasteiger partial charge is 0.493 e. The molecule has 0 bridgehead atoms. The fraction of sp³-hybridized carbons (Fsp3) is 0.526. The van der Waals surface area contributed by atoms with Crippen molar-refractivity contribution in [1.82, 2.24) is 4.90 Å². The Kier molecular flexibility index (Phi) is 3.96. The van der Waals surface area contributed by atoms with E-state index in [4.69, 9.17) is 14.2 Å². The van der Waals surface area contributed by atoms with Gasteiger partial charge in [0.1, 0.15) is 0 Å². The summed E-state index contributed by atoms with van der Waals surface area (Å²) in [6.45, 7) is 4.39. The molecular formula is C19H23NO4. The number of fused-ring (bicyclic) bond motifs is 4. The second-order valence-corrected chi connectivity index (χ2v) is 6.61. The molecule has 2 aliphatic heterocycles. The summed E-state index contributed by atoms with van der Waals surface area (Å²) in [4.78, 5) is 15.3. The maximum Gasteiger partial charge on any atom is 0.231 e. The predicted molar refractivity (Wildman–Crippen MR) is 89.4 cm³/mol. The molecule has 128 valence electrons. The number of Topliss-reactive ketones (excluding diaryl/α,β-unsaturated/α-hetero) is 1. The van der Waals surface area contributed by atoms with Gasteiger partial charge in [-0.3, -0.25) is 9.69 Å². The van der Waals surface area contributed by atoms with Gasteiger partial charge in [-0.15, -0.1) is 0 Å². The molecule has 2 heterocycles. The van der Waals surface area contributed by atoms with Crippen LogP contribution in [0.25, 0.3) is 0 Å². The lowest BCUT2D eigenvalue weighted by molar-refractivity contribution is -0.119. The topological polar surface area (TPSA) is 48.0 Å². The number of ether oxygens (including phenoxy) is 3. The summed E-state index contributed by atoms with van der Waals surface area (Å²) in [6, 6.07) is 4.12. The molecule has 4 rings (SSSR count). The standard InChI is InChI=1S/C19H23NO4/c1-3-4-6-20-7-5-12-8-15-16(24-11-23-15)9-13(12)18-14(20)10-17(22-2)19(18)21/h8-10,14,18H,3-7,11H2,1-2H3/t14-,18-/m0/s1. The van der Waals surface area contributed by atoms with E-state index in [1.165, 1.54) is 5.56 Å². The third-order valence-corrected chi connectivity index (χ3v) is 5.27. The van der Waals surface area contributed by atoms with Crippen LogP contribution in [0.4, 0.5) is 0 Å². The molecule has 0 saturated carbocycles. The molecule has 0 spiro atoms. The quantitative estimate of drug-likeness (QED) is 0.850. The van der Waals surface area contributed by atoms with Gasteiger partial charge < -0.3 is 14.2 Å². The van der Waals surface area contributed by atoms with E-state index >= 15 is 0 Å². The van der Waals surface area contributed by atoms with Crippen LogP contribution in [0.2, 0.25) is 0 Å². The van der Waals surface area contributed by atoms with E-state index < -0.39 is 0 Å². The molecule has 24 heavy (non-hydrogen) atoms. The summed E-state index contributed by atoms with van der Waals surface area (Å²) in [5.41, 5.74) is 2.25. The smallest absolute Gasteiger partial charge is 0.231 e. The van der Waals surface area contributed by atoms with Gasteiger partial charge in [-0.25, -0.2) is 0 Å². The molecule has 3 aliphatic rings. The van der Waals surface area contributed by atoms with Gasteiger partial charge in [-0.1, -0.05) is 13.3 Å². The molecule has 0 amide bonds. The third kappa shape index (κ3) is 2.38. The van der Waals surface area contributed by atoms with Crippen LogP contribution in [0.5, 0.6) is 11.5 Å². The Labute approximate surface area is 142 Å². The number of hydrogen-bond acceptors (Lipinski definition) is 5. The fourth-order valence-electron chi connectivity index (χ4n) is 3.99. The molecule has 0 radical (unpaired) electrons. The number of hydrogen-bond donors (Lipinski definition) is 0. The number of unbranched alkanes of at least 4 members (excludes halogenated alkanes) is 1. The normalized spacial score (nSPS) is 25.1. The van der Waals surface area contributed by atoms with Gasteiger partial charge in [-0.05, 0) is 48.7 Å². The highest BCUT2D eigenvalue weighted by Crippen LogP contribution is 2.44. The monoisotopic (exact) mass is 329 g/mol. The molecule has 0 fully saturated rings. The van der Waals surface area contributed by atoms with Crippen molar-refractivity contribution < 1.29 is 19.0 Å². The summed E-state index contributed by atoms with van der Waals surface area (Å²) in [6.07, 6.45) is 5.20. The highest BCUT2D eigenvalue weighted by atomic mass is 16.7. The number of benzene rings is 1. The first-order valence-electron chi connectivity index (χ1n) is 8.69. The van der Waals surface area contributed by atoms with E-state index in [0.29, 0.717) is 5.76 Å². The number of nitrogens with zero attached hydrogens (tertiary/aromatic N) is 1. The van der Waals surface area contributed by atoms with Gasteiger partial charge in [0.15, 0.2) is 17.3 Å². The molecule has 5 nitrogen and oxygen atoms in total. The molecule has 1 aromatic carbocycles. The third-order valence-electron chi connectivity index (χ3n) is 5.27. The molecule has 0 N–H and O–H groups in total. The Balaban J connectivity index is 1.76. The average molecular weight is 329 g/mol. The fourth-order valence-corrected chi connectivity index (χ4v) is 3.99. The highest BCUT2D eigenvalue weighted by molar-refractivity contribution is 6.02. The SMILES string of the molecule is CCCCN1CCc2cc3c(cc2[C@@H]2C(=O)C(OC)=C[C@@H]21)OCO3. The van der Waals surface area contributed by atoms with E-state index in [1.807, 2.05) is 12.1 Å². The minimum absolute atomic E-state index is 0.0700. The van der Waals surface area contributed by atoms with E-state index in [9.17, 15) is 4.79 Å². The van der Waals surface area contributed by atoms with Gasteiger partial charge in [0.05, 0.1) is 13.0 Å². The zero-order valence-corrected chi connectivity index (χ0v) is 14.2. The highest BCUT2D eigenvalue weighted by Gasteiger charge is 2.43. The number of methoxy groups -OCH3 is 1. The van der Waals surface area contributed by atoms with Gasteiger partial charge in [0.2, 0.25) is 12.6 Å². The minimum Gasteiger partial charge on any atom is -0.493 e. The summed E-state index contributed by atoms with van der Waals surface area (Å²) >= 11 is 0. The van der Waals surface area contributed by atoms with Crippen molar-refractivity contribution in [3.05, 3.63) is 35.1 Å². The first-order chi connectivity index (χ1) is 11.7. The summed E-state index contributed by atoms with van der Waals surface area (Å²) in [5.74, 6) is 1.89. The molecule has 1 aliphatic carbocycles. The van der Waals surface area contributed by atoms with Crippen LogP contribution in [-0.2, 0) is 16.0 Å². The predicted octanol–water partition coefficient (Wildman–Crippen LogP) is 2.64. The Morgan fingerprint density at radius 3 is 2.83 bits per heavy atom. The van der Waals surface area contributed by atoms with Crippen LogP contribution in [0.15, 0.2) is 24.0 Å². The first kappa shape index (κ1) is 15.5. The summed E-state index contributed by atoms with van der Waals surface area (Å²) in [7, 11) is 1.58. The Bertz CT molecular complexity index is 697. The number of carbonyl (C=O) groups is 1. The Hall–Kier alpha value is -2.01. The Morgan fingerprint density at radius 1 is 1.29 bits per heavy atom. The van der Waals surface area contributed by atoms with Crippen molar-refractivity contribution in [3.63, 3.8) is 0 Å². The maximum absolute atomic E-state index is 12.9. The second kappa shape index (κ2) is 6.13. The van der Waals surface area contributed by atoms with Gasteiger partial charge in [0.25, 0.3) is 0 Å². The molecular weight excluding hydrogens is 306 g/mol. The zero-order valence-electron chi connectivity index (χ0n) is 14.2. The van der Waals surface area contributed by atoms with Crippen LogP contribution in [0.3, 0.4) is 0 Å². The lowest BCUT2D eigenvalue weighted by Gasteiger charge is -2.29. The van der Waals surface area contributed by atoms with Crippen molar-refractivity contribution in [2.75, 3.05) is 27.0 Å². The summed E-state index contributed by atoms with van der Waals surface area (Å²) in [5, 5.41) is 0. The van der Waals surface area contributed by atoms with Crippen molar-refractivity contribution in [1.29, 1.82) is 0 Å². The Morgan fingerprint density at radius 2 is 2.08 bits per heavy atom. The molecule has 1 aromatic rings. The van der Waals surface area contributed by atoms with Crippen LogP contribution in [0.1, 0.15) is 36.8 Å². The number of ketones is 1. The van der Waals surface area contributed by atoms with Crippen molar-refractivity contribution in [2.45, 2.75) is 38.1 Å². The van der Waals surface area contributed by atoms with Gasteiger partial charge in [0, 0.05) is 12.6 Å². The average Bonchev–Trinajstić information content (AvgIpc) is 3.13.